The Labute approximate surface area is 98.1 Å². The summed E-state index contributed by atoms with van der Waals surface area (Å²) in [6, 6.07) is 10.4. The summed E-state index contributed by atoms with van der Waals surface area (Å²) in [5.41, 5.74) is 2.21. The quantitative estimate of drug-likeness (QED) is 0.720. The van der Waals surface area contributed by atoms with Gasteiger partial charge < -0.3 is 0 Å². The summed E-state index contributed by atoms with van der Waals surface area (Å²) in [4.78, 5) is 0. The van der Waals surface area contributed by atoms with Crippen molar-refractivity contribution < 1.29 is 0 Å². The van der Waals surface area contributed by atoms with E-state index in [9.17, 15) is 0 Å². The zero-order valence-corrected chi connectivity index (χ0v) is 9.92. The number of halogens is 1. The average molecular weight is 259 g/mol. The summed E-state index contributed by atoms with van der Waals surface area (Å²) >= 11 is 3.61. The number of hydrogen-bond acceptors (Lipinski definition) is 0. The lowest BCUT2D eigenvalue weighted by molar-refractivity contribution is 1.62. The van der Waals surface area contributed by atoms with Crippen molar-refractivity contribution in [3.63, 3.8) is 0 Å². The Morgan fingerprint density at radius 2 is 1.80 bits per heavy atom. The van der Waals surface area contributed by atoms with Crippen LogP contribution in [-0.2, 0) is 0 Å². The van der Waals surface area contributed by atoms with Crippen molar-refractivity contribution in [2.24, 2.45) is 0 Å². The van der Waals surface area contributed by atoms with Crippen LogP contribution in [0.4, 0.5) is 0 Å². The van der Waals surface area contributed by atoms with Gasteiger partial charge in [-0.25, -0.2) is 0 Å². The van der Waals surface area contributed by atoms with Gasteiger partial charge >= 0.3 is 0 Å². The molecule has 0 atom stereocenters. The van der Waals surface area contributed by atoms with E-state index in [0.717, 1.165) is 15.6 Å². The van der Waals surface area contributed by atoms with E-state index in [2.05, 4.69) is 47.3 Å². The highest BCUT2D eigenvalue weighted by Gasteiger charge is 2.06. The Bertz CT molecular complexity index is 538. The molecule has 0 radical (unpaired) electrons. The van der Waals surface area contributed by atoms with Crippen LogP contribution < -0.4 is 0 Å². The minimum absolute atomic E-state index is 1.09. The summed E-state index contributed by atoms with van der Waals surface area (Å²) in [6.45, 7) is 7.65. The Balaban J connectivity index is 2.93. The fourth-order valence-corrected chi connectivity index (χ4v) is 2.47. The Kier molecular flexibility index (Phi) is 2.74. The van der Waals surface area contributed by atoms with Crippen LogP contribution in [0, 0.1) is 0 Å². The van der Waals surface area contributed by atoms with Crippen LogP contribution in [0.15, 0.2) is 48.0 Å². The first-order valence-electron chi connectivity index (χ1n) is 4.74. The topological polar surface area (TPSA) is 0 Å². The molecule has 0 heterocycles. The summed E-state index contributed by atoms with van der Waals surface area (Å²) in [5, 5.41) is 2.42. The molecule has 74 valence electrons. The van der Waals surface area contributed by atoms with Gasteiger partial charge in [0.05, 0.1) is 0 Å². The Hall–Kier alpha value is -1.34. The summed E-state index contributed by atoms with van der Waals surface area (Å²) < 4.78 is 1.09. The average Bonchev–Trinajstić information content (AvgIpc) is 2.29. The van der Waals surface area contributed by atoms with Gasteiger partial charge in [0.25, 0.3) is 0 Å². The first-order valence-corrected chi connectivity index (χ1v) is 5.53. The molecule has 0 spiro atoms. The van der Waals surface area contributed by atoms with Crippen molar-refractivity contribution in [2.45, 2.75) is 0 Å². The van der Waals surface area contributed by atoms with Crippen LogP contribution in [-0.4, -0.2) is 0 Å². The maximum Gasteiger partial charge on any atom is 0.0331 e. The molecule has 0 bridgehead atoms. The molecule has 0 N–H and O–H groups in total. The number of hydrogen-bond donors (Lipinski definition) is 0. The molecule has 2 aromatic carbocycles. The molecule has 1 heteroatoms. The Morgan fingerprint density at radius 3 is 2.47 bits per heavy atom. The molecule has 0 fully saturated rings. The number of benzene rings is 2. The van der Waals surface area contributed by atoms with Crippen molar-refractivity contribution in [3.8, 4) is 0 Å². The SMILES string of the molecule is C=Cc1cc2ccccc2c(Br)c1C=C. The van der Waals surface area contributed by atoms with Gasteiger partial charge in [-0.2, -0.15) is 0 Å². The molecule has 0 saturated carbocycles. The van der Waals surface area contributed by atoms with Crippen molar-refractivity contribution in [3.05, 3.63) is 59.1 Å². The fourth-order valence-electron chi connectivity index (χ4n) is 1.72. The van der Waals surface area contributed by atoms with Crippen molar-refractivity contribution in [1.82, 2.24) is 0 Å². The van der Waals surface area contributed by atoms with E-state index in [0.29, 0.717) is 0 Å². The summed E-state index contributed by atoms with van der Waals surface area (Å²) in [5.74, 6) is 0. The minimum atomic E-state index is 1.09. The predicted octanol–water partition coefficient (Wildman–Crippen LogP) is 4.89. The van der Waals surface area contributed by atoms with E-state index < -0.39 is 0 Å². The van der Waals surface area contributed by atoms with Gasteiger partial charge in [-0.1, -0.05) is 49.6 Å². The highest BCUT2D eigenvalue weighted by atomic mass is 79.9. The van der Waals surface area contributed by atoms with Gasteiger partial charge in [0, 0.05) is 4.47 Å². The fraction of sp³-hybridized carbons (Fsp3) is 0. The van der Waals surface area contributed by atoms with E-state index >= 15 is 0 Å². The number of fused-ring (bicyclic) bond motifs is 1. The molecule has 0 unspecified atom stereocenters. The predicted molar refractivity (Wildman–Crippen MR) is 71.8 cm³/mol. The molecule has 2 aromatic rings. The lowest BCUT2D eigenvalue weighted by Gasteiger charge is -2.08. The lowest BCUT2D eigenvalue weighted by atomic mass is 10.0. The molecule has 15 heavy (non-hydrogen) atoms. The van der Waals surface area contributed by atoms with Crippen LogP contribution in [0.2, 0.25) is 0 Å². The van der Waals surface area contributed by atoms with Gasteiger partial charge in [-0.3, -0.25) is 0 Å². The lowest BCUT2D eigenvalue weighted by Crippen LogP contribution is -1.85. The van der Waals surface area contributed by atoms with Gasteiger partial charge in [0.2, 0.25) is 0 Å². The third-order valence-electron chi connectivity index (χ3n) is 2.48. The maximum atomic E-state index is 3.83. The molecule has 2 rings (SSSR count). The first kappa shape index (κ1) is 10.2. The summed E-state index contributed by atoms with van der Waals surface area (Å²) in [6.07, 6.45) is 3.71. The third kappa shape index (κ3) is 1.64. The highest BCUT2D eigenvalue weighted by Crippen LogP contribution is 2.31. The zero-order chi connectivity index (χ0) is 10.8. The van der Waals surface area contributed by atoms with Crippen LogP contribution in [0.1, 0.15) is 11.1 Å². The van der Waals surface area contributed by atoms with E-state index in [1.165, 1.54) is 10.8 Å². The van der Waals surface area contributed by atoms with E-state index in [1.54, 1.807) is 0 Å². The second-order valence-electron chi connectivity index (χ2n) is 3.32. The first-order chi connectivity index (χ1) is 7.27. The van der Waals surface area contributed by atoms with Crippen molar-refractivity contribution >= 4 is 38.9 Å². The largest absolute Gasteiger partial charge is 0.0984 e. The Morgan fingerprint density at radius 1 is 1.07 bits per heavy atom. The molecule has 0 aromatic heterocycles. The standard InChI is InChI=1S/C14H11Br/c1-3-10-9-11-7-5-6-8-13(11)14(15)12(10)4-2/h3-9H,1-2H2. The molecular weight excluding hydrogens is 248 g/mol. The van der Waals surface area contributed by atoms with Crippen LogP contribution in [0.3, 0.4) is 0 Å². The highest BCUT2D eigenvalue weighted by molar-refractivity contribution is 9.10. The van der Waals surface area contributed by atoms with Crippen LogP contribution >= 0.6 is 15.9 Å². The molecule has 0 nitrogen and oxygen atoms in total. The van der Waals surface area contributed by atoms with E-state index in [4.69, 9.17) is 0 Å². The molecule has 0 aliphatic carbocycles. The monoisotopic (exact) mass is 258 g/mol. The zero-order valence-electron chi connectivity index (χ0n) is 8.33. The second kappa shape index (κ2) is 4.03. The number of rotatable bonds is 2. The van der Waals surface area contributed by atoms with E-state index in [1.807, 2.05) is 24.3 Å². The molecule has 0 amide bonds. The maximum absolute atomic E-state index is 3.83. The van der Waals surface area contributed by atoms with E-state index in [-0.39, 0.29) is 0 Å². The molecular formula is C14H11Br. The molecule has 0 saturated heterocycles. The van der Waals surface area contributed by atoms with Crippen molar-refractivity contribution in [1.29, 1.82) is 0 Å². The van der Waals surface area contributed by atoms with Crippen molar-refractivity contribution in [2.75, 3.05) is 0 Å². The van der Waals surface area contributed by atoms with Gasteiger partial charge in [0.1, 0.15) is 0 Å². The van der Waals surface area contributed by atoms with Gasteiger partial charge in [-0.15, -0.1) is 0 Å². The van der Waals surface area contributed by atoms with Gasteiger partial charge in [-0.05, 0) is 43.9 Å². The van der Waals surface area contributed by atoms with Gasteiger partial charge in [0.15, 0.2) is 0 Å². The normalized spacial score (nSPS) is 10.2. The summed E-state index contributed by atoms with van der Waals surface area (Å²) in [7, 11) is 0. The minimum Gasteiger partial charge on any atom is -0.0984 e. The molecule has 0 aliphatic rings. The smallest absolute Gasteiger partial charge is 0.0331 e. The van der Waals surface area contributed by atoms with Crippen LogP contribution in [0.5, 0.6) is 0 Å². The van der Waals surface area contributed by atoms with Crippen LogP contribution in [0.25, 0.3) is 22.9 Å². The second-order valence-corrected chi connectivity index (χ2v) is 4.12. The third-order valence-corrected chi connectivity index (χ3v) is 3.33. The molecule has 0 aliphatic heterocycles.